The average Bonchev–Trinajstić information content (AvgIpc) is 3.17. The predicted molar refractivity (Wildman–Crippen MR) is 104 cm³/mol. The minimum absolute atomic E-state index is 0.0128. The van der Waals surface area contributed by atoms with E-state index >= 15 is 0 Å². The first-order chi connectivity index (χ1) is 13.5. The van der Waals surface area contributed by atoms with Gasteiger partial charge < -0.3 is 10.6 Å². The van der Waals surface area contributed by atoms with Gasteiger partial charge >= 0.3 is 0 Å². The van der Waals surface area contributed by atoms with Crippen LogP contribution in [0.3, 0.4) is 0 Å². The normalized spacial score (nSPS) is 17.8. The van der Waals surface area contributed by atoms with Gasteiger partial charge in [0.15, 0.2) is 0 Å². The summed E-state index contributed by atoms with van der Waals surface area (Å²) >= 11 is 0. The molecule has 1 aromatic heterocycles. The predicted octanol–water partition coefficient (Wildman–Crippen LogP) is 2.82. The highest BCUT2D eigenvalue weighted by Crippen LogP contribution is 2.38. The monoisotopic (exact) mass is 376 g/mol. The fourth-order valence-corrected chi connectivity index (χ4v) is 3.13. The first-order valence-corrected chi connectivity index (χ1v) is 9.07. The summed E-state index contributed by atoms with van der Waals surface area (Å²) in [6.45, 7) is 3.97. The fraction of sp³-hybridized carbons (Fsp3) is 0.250. The van der Waals surface area contributed by atoms with Crippen LogP contribution in [0, 0.1) is 18.8 Å². The van der Waals surface area contributed by atoms with Gasteiger partial charge in [-0.1, -0.05) is 13.0 Å². The van der Waals surface area contributed by atoms with Gasteiger partial charge in [-0.05, 0) is 71.7 Å². The molecule has 2 atom stereocenters. The number of carbonyl (C=O) groups excluding carboxylic acids is 2. The zero-order valence-electron chi connectivity index (χ0n) is 15.6. The van der Waals surface area contributed by atoms with E-state index in [1.807, 2.05) is 19.1 Å². The zero-order valence-corrected chi connectivity index (χ0v) is 15.6. The van der Waals surface area contributed by atoms with Crippen LogP contribution in [0.5, 0.6) is 0 Å². The first kappa shape index (κ1) is 17.8. The summed E-state index contributed by atoms with van der Waals surface area (Å²) in [5, 5.41) is 16.9. The second-order valence-electron chi connectivity index (χ2n) is 7.10. The molecule has 2 aromatic carbocycles. The number of aryl methyl sites for hydroxylation is 1. The van der Waals surface area contributed by atoms with Crippen molar-refractivity contribution in [2.75, 3.05) is 10.6 Å². The van der Waals surface area contributed by atoms with Crippen LogP contribution in [0.15, 0.2) is 48.8 Å². The minimum atomic E-state index is -0.245. The number of rotatable bonds is 5. The lowest BCUT2D eigenvalue weighted by Crippen LogP contribution is -2.16. The maximum atomic E-state index is 12.6. The number of hydrogen-bond acceptors (Lipinski definition) is 5. The van der Waals surface area contributed by atoms with E-state index in [-0.39, 0.29) is 17.7 Å². The summed E-state index contributed by atoms with van der Waals surface area (Å²) in [6.07, 6.45) is 2.44. The first-order valence-electron chi connectivity index (χ1n) is 9.07. The molecule has 0 saturated heterocycles. The van der Waals surface area contributed by atoms with Crippen LogP contribution in [0.4, 0.5) is 11.4 Å². The SMILES string of the molecule is Cc1cc(NC(=O)c2cccc(NC(=O)C3CC3C)c2)ccc1-n1cnnn1. The van der Waals surface area contributed by atoms with Gasteiger partial charge in [0.1, 0.15) is 6.33 Å². The van der Waals surface area contributed by atoms with Gasteiger partial charge in [0, 0.05) is 22.9 Å². The molecule has 2 N–H and O–H groups in total. The van der Waals surface area contributed by atoms with Gasteiger partial charge in [0.05, 0.1) is 5.69 Å². The Bertz CT molecular complexity index is 1030. The van der Waals surface area contributed by atoms with Crippen LogP contribution in [0.2, 0.25) is 0 Å². The van der Waals surface area contributed by atoms with Crippen LogP contribution in [-0.4, -0.2) is 32.0 Å². The molecule has 8 nitrogen and oxygen atoms in total. The summed E-state index contributed by atoms with van der Waals surface area (Å²) < 4.78 is 1.56. The van der Waals surface area contributed by atoms with Crippen LogP contribution in [0.25, 0.3) is 5.69 Å². The summed E-state index contributed by atoms with van der Waals surface area (Å²) in [5.74, 6) is 0.287. The smallest absolute Gasteiger partial charge is 0.255 e. The number of hydrogen-bond donors (Lipinski definition) is 2. The number of aromatic nitrogens is 4. The molecule has 0 spiro atoms. The molecule has 4 rings (SSSR count). The number of nitrogens with zero attached hydrogens (tertiary/aromatic N) is 4. The van der Waals surface area contributed by atoms with Crippen molar-refractivity contribution in [2.45, 2.75) is 20.3 Å². The Morgan fingerprint density at radius 3 is 2.57 bits per heavy atom. The Kier molecular flexibility index (Phi) is 4.60. The molecule has 142 valence electrons. The highest BCUT2D eigenvalue weighted by molar-refractivity contribution is 6.05. The highest BCUT2D eigenvalue weighted by Gasteiger charge is 2.39. The molecular weight excluding hydrogens is 356 g/mol. The summed E-state index contributed by atoms with van der Waals surface area (Å²) in [7, 11) is 0. The number of tetrazole rings is 1. The van der Waals surface area contributed by atoms with E-state index in [1.165, 1.54) is 6.33 Å². The molecule has 3 aromatic rings. The highest BCUT2D eigenvalue weighted by atomic mass is 16.2. The molecule has 8 heteroatoms. The largest absolute Gasteiger partial charge is 0.326 e. The van der Waals surface area contributed by atoms with Gasteiger partial charge in [-0.3, -0.25) is 9.59 Å². The van der Waals surface area contributed by atoms with Crippen LogP contribution in [-0.2, 0) is 4.79 Å². The second kappa shape index (κ2) is 7.22. The molecule has 1 aliphatic rings. The Morgan fingerprint density at radius 1 is 1.11 bits per heavy atom. The Morgan fingerprint density at radius 2 is 1.89 bits per heavy atom. The van der Waals surface area contributed by atoms with Crippen molar-refractivity contribution in [3.05, 3.63) is 59.9 Å². The Hall–Kier alpha value is -3.55. The van der Waals surface area contributed by atoms with Gasteiger partial charge in [-0.15, -0.1) is 5.10 Å². The van der Waals surface area contributed by atoms with Crippen LogP contribution < -0.4 is 10.6 Å². The van der Waals surface area contributed by atoms with E-state index in [1.54, 1.807) is 35.0 Å². The van der Waals surface area contributed by atoms with Crippen molar-refractivity contribution < 1.29 is 9.59 Å². The van der Waals surface area contributed by atoms with Crippen molar-refractivity contribution >= 4 is 23.2 Å². The quantitative estimate of drug-likeness (QED) is 0.713. The molecule has 0 aliphatic heterocycles. The van der Waals surface area contributed by atoms with Gasteiger partial charge in [-0.2, -0.15) is 0 Å². The maximum absolute atomic E-state index is 12.6. The fourth-order valence-electron chi connectivity index (χ4n) is 3.13. The topological polar surface area (TPSA) is 102 Å². The van der Waals surface area contributed by atoms with Crippen LogP contribution >= 0.6 is 0 Å². The summed E-state index contributed by atoms with van der Waals surface area (Å²) in [4.78, 5) is 24.7. The van der Waals surface area contributed by atoms with Gasteiger partial charge in [-0.25, -0.2) is 4.68 Å². The van der Waals surface area contributed by atoms with E-state index < -0.39 is 0 Å². The Labute approximate surface area is 162 Å². The minimum Gasteiger partial charge on any atom is -0.326 e. The summed E-state index contributed by atoms with van der Waals surface area (Å²) in [6, 6.07) is 12.4. The maximum Gasteiger partial charge on any atom is 0.255 e. The van der Waals surface area contributed by atoms with Gasteiger partial charge in [0.25, 0.3) is 5.91 Å². The third-order valence-corrected chi connectivity index (χ3v) is 4.89. The molecule has 1 saturated carbocycles. The van der Waals surface area contributed by atoms with E-state index in [2.05, 4.69) is 33.1 Å². The molecule has 2 unspecified atom stereocenters. The zero-order chi connectivity index (χ0) is 19.7. The lowest BCUT2D eigenvalue weighted by Gasteiger charge is -2.10. The molecule has 28 heavy (non-hydrogen) atoms. The third kappa shape index (κ3) is 3.75. The van der Waals surface area contributed by atoms with Crippen molar-refractivity contribution in [2.24, 2.45) is 11.8 Å². The molecule has 0 bridgehead atoms. The standard InChI is InChI=1S/C20H20N6O2/c1-12-9-17(12)20(28)23-15-5-3-4-14(10-15)19(27)22-16-6-7-18(13(2)8-16)26-11-21-24-25-26/h3-8,10-12,17H,9H2,1-2H3,(H,22,27)(H,23,28). The molecule has 0 radical (unpaired) electrons. The molecule has 2 amide bonds. The van der Waals surface area contributed by atoms with E-state index in [0.29, 0.717) is 22.9 Å². The van der Waals surface area contributed by atoms with Crippen molar-refractivity contribution in [1.29, 1.82) is 0 Å². The molecule has 1 heterocycles. The number of anilines is 2. The number of carbonyl (C=O) groups is 2. The lowest BCUT2D eigenvalue weighted by atomic mass is 10.1. The number of amides is 2. The number of benzene rings is 2. The second-order valence-corrected chi connectivity index (χ2v) is 7.10. The van der Waals surface area contributed by atoms with E-state index in [0.717, 1.165) is 17.7 Å². The molecule has 1 fully saturated rings. The van der Waals surface area contributed by atoms with Crippen molar-refractivity contribution in [3.63, 3.8) is 0 Å². The lowest BCUT2D eigenvalue weighted by molar-refractivity contribution is -0.117. The average molecular weight is 376 g/mol. The van der Waals surface area contributed by atoms with Gasteiger partial charge in [0.2, 0.25) is 5.91 Å². The molecular formula is C20H20N6O2. The van der Waals surface area contributed by atoms with Crippen LogP contribution in [0.1, 0.15) is 29.3 Å². The Balaban J connectivity index is 1.45. The summed E-state index contributed by atoms with van der Waals surface area (Å²) in [5.41, 5.74) is 3.53. The molecule has 1 aliphatic carbocycles. The number of nitrogens with one attached hydrogen (secondary N) is 2. The van der Waals surface area contributed by atoms with Crippen molar-refractivity contribution in [3.8, 4) is 5.69 Å². The van der Waals surface area contributed by atoms with Crippen molar-refractivity contribution in [1.82, 2.24) is 20.2 Å². The van der Waals surface area contributed by atoms with E-state index in [9.17, 15) is 9.59 Å². The van der Waals surface area contributed by atoms with E-state index in [4.69, 9.17) is 0 Å². The third-order valence-electron chi connectivity index (χ3n) is 4.89.